The molecule has 0 aliphatic rings. The molecule has 0 spiro atoms. The lowest BCUT2D eigenvalue weighted by Gasteiger charge is -2.07. The Kier molecular flexibility index (Phi) is 7.17. The Bertz CT molecular complexity index is 266. The second kappa shape index (κ2) is 7.93. The minimum absolute atomic E-state index is 0.0202. The molecule has 0 fully saturated rings. The molecule has 0 amide bonds. The predicted molar refractivity (Wildman–Crippen MR) is 60.7 cm³/mol. The topological polar surface area (TPSA) is 78.4 Å². The van der Waals surface area contributed by atoms with E-state index in [0.29, 0.717) is 11.7 Å². The van der Waals surface area contributed by atoms with Crippen LogP contribution in [0.15, 0.2) is 12.7 Å². The van der Waals surface area contributed by atoms with Crippen molar-refractivity contribution in [1.82, 2.24) is 10.6 Å². The second-order valence-corrected chi connectivity index (χ2v) is 3.19. The number of thiocarbonyl (C=S) groups is 1. The van der Waals surface area contributed by atoms with E-state index < -0.39 is 5.97 Å². The molecular weight excluding hydrogens is 216 g/mol. The number of Topliss-reactive ketones (excluding diaryl/α,β-unsaturated/α-hetero) is 1. The van der Waals surface area contributed by atoms with Gasteiger partial charge in [-0.1, -0.05) is 6.08 Å². The summed E-state index contributed by atoms with van der Waals surface area (Å²) in [4.78, 5) is 21.3. The van der Waals surface area contributed by atoms with Gasteiger partial charge in [-0.3, -0.25) is 9.59 Å². The summed E-state index contributed by atoms with van der Waals surface area (Å²) in [5.41, 5.74) is 0. The SMILES string of the molecule is C=CCNC(=S)NCC(=O)CCC(=O)O. The van der Waals surface area contributed by atoms with Gasteiger partial charge >= 0.3 is 5.97 Å². The summed E-state index contributed by atoms with van der Waals surface area (Å²) < 4.78 is 0. The van der Waals surface area contributed by atoms with Crippen molar-refractivity contribution in [2.24, 2.45) is 0 Å². The molecule has 0 saturated carbocycles. The normalized spacial score (nSPS) is 9.07. The van der Waals surface area contributed by atoms with Crippen LogP contribution >= 0.6 is 12.2 Å². The number of carboxylic acid groups (broad SMARTS) is 1. The summed E-state index contributed by atoms with van der Waals surface area (Å²) in [5.74, 6) is -1.16. The van der Waals surface area contributed by atoms with Gasteiger partial charge in [0.1, 0.15) is 0 Å². The summed E-state index contributed by atoms with van der Waals surface area (Å²) in [5, 5.41) is 14.2. The third kappa shape index (κ3) is 8.89. The van der Waals surface area contributed by atoms with Gasteiger partial charge in [-0.05, 0) is 12.2 Å². The highest BCUT2D eigenvalue weighted by molar-refractivity contribution is 7.80. The molecule has 84 valence electrons. The molecule has 6 heteroatoms. The molecule has 0 aromatic carbocycles. The number of carbonyl (C=O) groups excluding carboxylic acids is 1. The van der Waals surface area contributed by atoms with Gasteiger partial charge in [0.05, 0.1) is 13.0 Å². The summed E-state index contributed by atoms with van der Waals surface area (Å²) in [6, 6.07) is 0. The number of nitrogens with one attached hydrogen (secondary N) is 2. The number of ketones is 1. The van der Waals surface area contributed by atoms with Crippen molar-refractivity contribution < 1.29 is 14.7 Å². The van der Waals surface area contributed by atoms with Crippen LogP contribution in [0.25, 0.3) is 0 Å². The van der Waals surface area contributed by atoms with E-state index in [1.807, 2.05) is 0 Å². The summed E-state index contributed by atoms with van der Waals surface area (Å²) >= 11 is 4.84. The Balaban J connectivity index is 3.57. The first-order valence-electron chi connectivity index (χ1n) is 4.42. The Hall–Kier alpha value is -1.43. The smallest absolute Gasteiger partial charge is 0.303 e. The fourth-order valence-electron chi connectivity index (χ4n) is 0.741. The van der Waals surface area contributed by atoms with Gasteiger partial charge in [-0.15, -0.1) is 6.58 Å². The first kappa shape index (κ1) is 13.6. The van der Waals surface area contributed by atoms with Crippen molar-refractivity contribution in [3.8, 4) is 0 Å². The van der Waals surface area contributed by atoms with E-state index in [1.165, 1.54) is 0 Å². The lowest BCUT2D eigenvalue weighted by atomic mass is 10.2. The second-order valence-electron chi connectivity index (χ2n) is 2.78. The molecular formula is C9H14N2O3S. The highest BCUT2D eigenvalue weighted by Gasteiger charge is 2.05. The first-order chi connectivity index (χ1) is 7.06. The van der Waals surface area contributed by atoms with Gasteiger partial charge in [-0.25, -0.2) is 0 Å². The molecule has 5 nitrogen and oxygen atoms in total. The van der Waals surface area contributed by atoms with E-state index in [9.17, 15) is 9.59 Å². The van der Waals surface area contributed by atoms with Crippen LogP contribution in [0.2, 0.25) is 0 Å². The number of aliphatic carboxylic acids is 1. The van der Waals surface area contributed by atoms with Crippen LogP contribution < -0.4 is 10.6 Å². The van der Waals surface area contributed by atoms with Crippen LogP contribution in [0.1, 0.15) is 12.8 Å². The molecule has 3 N–H and O–H groups in total. The maximum Gasteiger partial charge on any atom is 0.303 e. The molecule has 15 heavy (non-hydrogen) atoms. The van der Waals surface area contributed by atoms with Crippen LogP contribution in [0.5, 0.6) is 0 Å². The van der Waals surface area contributed by atoms with E-state index in [1.54, 1.807) is 6.08 Å². The van der Waals surface area contributed by atoms with Crippen molar-refractivity contribution in [2.75, 3.05) is 13.1 Å². The third-order valence-corrected chi connectivity index (χ3v) is 1.76. The van der Waals surface area contributed by atoms with Gasteiger partial charge in [0.25, 0.3) is 0 Å². The summed E-state index contributed by atoms with van der Waals surface area (Å²) in [6.45, 7) is 4.07. The van der Waals surface area contributed by atoms with Gasteiger partial charge in [0.15, 0.2) is 10.9 Å². The maximum atomic E-state index is 11.1. The van der Waals surface area contributed by atoms with Crippen molar-refractivity contribution in [1.29, 1.82) is 0 Å². The standard InChI is InChI=1S/C9H14N2O3S/c1-2-5-10-9(15)11-6-7(12)3-4-8(13)14/h2H,1,3-6H2,(H,13,14)(H2,10,11,15). The van der Waals surface area contributed by atoms with E-state index in [4.69, 9.17) is 17.3 Å². The Morgan fingerprint density at radius 3 is 2.53 bits per heavy atom. The van der Waals surface area contributed by atoms with Gasteiger partial charge in [-0.2, -0.15) is 0 Å². The molecule has 0 saturated heterocycles. The fourth-order valence-corrected chi connectivity index (χ4v) is 0.896. The van der Waals surface area contributed by atoms with Crippen molar-refractivity contribution in [2.45, 2.75) is 12.8 Å². The third-order valence-electron chi connectivity index (χ3n) is 1.47. The van der Waals surface area contributed by atoms with Gasteiger partial charge in [0.2, 0.25) is 0 Å². The molecule has 0 aromatic heterocycles. The zero-order chi connectivity index (χ0) is 11.7. The van der Waals surface area contributed by atoms with E-state index in [2.05, 4.69) is 17.2 Å². The zero-order valence-electron chi connectivity index (χ0n) is 8.28. The lowest BCUT2D eigenvalue weighted by Crippen LogP contribution is -2.38. The number of hydrogen-bond acceptors (Lipinski definition) is 3. The number of carbonyl (C=O) groups is 2. The van der Waals surface area contributed by atoms with Gasteiger partial charge in [0, 0.05) is 13.0 Å². The molecule has 0 unspecified atom stereocenters. The number of carboxylic acids is 1. The Labute approximate surface area is 93.5 Å². The van der Waals surface area contributed by atoms with Crippen molar-refractivity contribution >= 4 is 29.1 Å². The first-order valence-corrected chi connectivity index (χ1v) is 4.83. The molecule has 0 aliphatic heterocycles. The van der Waals surface area contributed by atoms with Crippen molar-refractivity contribution in [3.63, 3.8) is 0 Å². The van der Waals surface area contributed by atoms with E-state index in [0.717, 1.165) is 0 Å². The van der Waals surface area contributed by atoms with E-state index >= 15 is 0 Å². The predicted octanol–water partition coefficient (Wildman–Crippen LogP) is 0.0704. The Morgan fingerprint density at radius 2 is 2.00 bits per heavy atom. The molecule has 0 aromatic rings. The van der Waals surface area contributed by atoms with Crippen LogP contribution in [0, 0.1) is 0 Å². The fraction of sp³-hybridized carbons (Fsp3) is 0.444. The summed E-state index contributed by atoms with van der Waals surface area (Å²) in [6.07, 6.45) is 1.51. The largest absolute Gasteiger partial charge is 0.481 e. The molecule has 0 rings (SSSR count). The summed E-state index contributed by atoms with van der Waals surface area (Å²) in [7, 11) is 0. The molecule has 0 aliphatic carbocycles. The monoisotopic (exact) mass is 230 g/mol. The minimum Gasteiger partial charge on any atom is -0.481 e. The highest BCUT2D eigenvalue weighted by Crippen LogP contribution is 1.89. The average molecular weight is 230 g/mol. The van der Waals surface area contributed by atoms with Crippen LogP contribution in [-0.4, -0.2) is 35.1 Å². The number of hydrogen-bond donors (Lipinski definition) is 3. The minimum atomic E-state index is -0.976. The molecule has 0 bridgehead atoms. The number of rotatable bonds is 7. The Morgan fingerprint density at radius 1 is 1.33 bits per heavy atom. The maximum absolute atomic E-state index is 11.1. The van der Waals surface area contributed by atoms with Gasteiger partial charge < -0.3 is 15.7 Å². The molecule has 0 radical (unpaired) electrons. The lowest BCUT2D eigenvalue weighted by molar-refractivity contribution is -0.138. The van der Waals surface area contributed by atoms with Crippen molar-refractivity contribution in [3.05, 3.63) is 12.7 Å². The van der Waals surface area contributed by atoms with Crippen LogP contribution in [-0.2, 0) is 9.59 Å². The zero-order valence-corrected chi connectivity index (χ0v) is 9.10. The quantitative estimate of drug-likeness (QED) is 0.424. The molecule has 0 heterocycles. The van der Waals surface area contributed by atoms with E-state index in [-0.39, 0.29) is 25.2 Å². The molecule has 0 atom stereocenters. The van der Waals surface area contributed by atoms with Crippen LogP contribution in [0.4, 0.5) is 0 Å². The average Bonchev–Trinajstić information content (AvgIpc) is 2.20. The van der Waals surface area contributed by atoms with Crippen LogP contribution in [0.3, 0.4) is 0 Å². The highest BCUT2D eigenvalue weighted by atomic mass is 32.1.